The Morgan fingerprint density at radius 1 is 1.21 bits per heavy atom. The summed E-state index contributed by atoms with van der Waals surface area (Å²) in [5, 5.41) is -0.0477. The normalized spacial score (nSPS) is 18.9. The number of hydrogen-bond acceptors (Lipinski definition) is 5. The van der Waals surface area contributed by atoms with E-state index in [1.807, 2.05) is 6.92 Å². The summed E-state index contributed by atoms with van der Waals surface area (Å²) in [6.07, 6.45) is 1.77. The number of imide groups is 1. The molecule has 1 aliphatic heterocycles. The molecule has 1 heterocycles. The maximum atomic E-state index is 11.8. The second kappa shape index (κ2) is 6.93. The molecule has 108 valence electrons. The monoisotopic (exact) mass is 287 g/mol. The van der Waals surface area contributed by atoms with Crippen molar-refractivity contribution in [1.82, 2.24) is 5.06 Å². The minimum atomic E-state index is -0.637. The van der Waals surface area contributed by atoms with Gasteiger partial charge in [0.1, 0.15) is 5.25 Å². The third-order valence-corrected chi connectivity index (χ3v) is 3.38. The first-order chi connectivity index (χ1) is 8.81. The van der Waals surface area contributed by atoms with Crippen LogP contribution in [-0.2, 0) is 19.2 Å². The molecule has 1 rings (SSSR count). The quantitative estimate of drug-likeness (QED) is 0.599. The highest BCUT2D eigenvalue weighted by Crippen LogP contribution is 2.21. The van der Waals surface area contributed by atoms with Gasteiger partial charge < -0.3 is 4.84 Å². The third-order valence-electron chi connectivity index (χ3n) is 2.96. The molecular weight excluding hydrogens is 266 g/mol. The van der Waals surface area contributed by atoms with Gasteiger partial charge in [0.25, 0.3) is 11.8 Å². The van der Waals surface area contributed by atoms with Gasteiger partial charge in [-0.05, 0) is 24.7 Å². The average molecular weight is 287 g/mol. The first-order valence-electron chi connectivity index (χ1n) is 6.57. The molecule has 1 saturated heterocycles. The number of carbonyl (C=O) groups is 3. The minimum absolute atomic E-state index is 0.104. The number of thiol groups is 1. The lowest BCUT2D eigenvalue weighted by molar-refractivity contribution is -0.197. The van der Waals surface area contributed by atoms with Gasteiger partial charge in [-0.1, -0.05) is 20.8 Å². The Morgan fingerprint density at radius 3 is 2.21 bits per heavy atom. The molecule has 0 aliphatic carbocycles. The predicted octanol–water partition coefficient (Wildman–Crippen LogP) is 1.96. The van der Waals surface area contributed by atoms with Crippen molar-refractivity contribution in [3.8, 4) is 0 Å². The molecule has 1 aliphatic rings. The summed E-state index contributed by atoms with van der Waals surface area (Å²) in [6.45, 7) is 6.27. The van der Waals surface area contributed by atoms with Crippen LogP contribution in [-0.4, -0.2) is 28.1 Å². The highest BCUT2D eigenvalue weighted by atomic mass is 32.1. The van der Waals surface area contributed by atoms with Crippen LogP contribution in [0.1, 0.15) is 46.5 Å². The summed E-state index contributed by atoms with van der Waals surface area (Å²) in [7, 11) is 0. The Labute approximate surface area is 119 Å². The van der Waals surface area contributed by atoms with Gasteiger partial charge in [-0.2, -0.15) is 12.6 Å². The van der Waals surface area contributed by atoms with Crippen LogP contribution >= 0.6 is 12.6 Å². The van der Waals surface area contributed by atoms with Gasteiger partial charge >= 0.3 is 5.97 Å². The van der Waals surface area contributed by atoms with Gasteiger partial charge in [-0.3, -0.25) is 9.59 Å². The number of carbonyl (C=O) groups excluding carboxylic acids is 3. The van der Waals surface area contributed by atoms with Crippen molar-refractivity contribution in [1.29, 1.82) is 0 Å². The van der Waals surface area contributed by atoms with Crippen LogP contribution in [0.3, 0.4) is 0 Å². The number of rotatable bonds is 6. The van der Waals surface area contributed by atoms with E-state index in [1.165, 1.54) is 0 Å². The molecule has 0 aromatic heterocycles. The summed E-state index contributed by atoms with van der Waals surface area (Å²) >= 11 is 4.19. The maximum absolute atomic E-state index is 11.8. The van der Waals surface area contributed by atoms with E-state index in [1.54, 1.807) is 0 Å². The van der Waals surface area contributed by atoms with E-state index < -0.39 is 23.0 Å². The summed E-state index contributed by atoms with van der Waals surface area (Å²) in [4.78, 5) is 39.2. The second-order valence-corrected chi connectivity index (χ2v) is 6.10. The third kappa shape index (κ3) is 4.86. The predicted molar refractivity (Wildman–Crippen MR) is 73.2 cm³/mol. The van der Waals surface area contributed by atoms with E-state index in [0.717, 1.165) is 6.42 Å². The van der Waals surface area contributed by atoms with Crippen molar-refractivity contribution < 1.29 is 19.2 Å². The number of hydroxylamine groups is 2. The molecule has 1 fully saturated rings. The van der Waals surface area contributed by atoms with Gasteiger partial charge in [0.05, 0.1) is 0 Å². The van der Waals surface area contributed by atoms with Gasteiger partial charge in [0.2, 0.25) is 0 Å². The summed E-state index contributed by atoms with van der Waals surface area (Å²) in [6, 6.07) is 0. The Balaban J connectivity index is 2.44. The second-order valence-electron chi connectivity index (χ2n) is 5.48. The van der Waals surface area contributed by atoms with Crippen LogP contribution in [0.4, 0.5) is 0 Å². The van der Waals surface area contributed by atoms with E-state index in [4.69, 9.17) is 4.84 Å². The topological polar surface area (TPSA) is 63.7 Å². The molecule has 0 radical (unpaired) electrons. The van der Waals surface area contributed by atoms with Crippen LogP contribution in [0.25, 0.3) is 0 Å². The van der Waals surface area contributed by atoms with E-state index in [-0.39, 0.29) is 12.8 Å². The molecule has 0 aromatic rings. The van der Waals surface area contributed by atoms with Crippen molar-refractivity contribution >= 4 is 30.4 Å². The maximum Gasteiger partial charge on any atom is 0.345 e. The first-order valence-corrected chi connectivity index (χ1v) is 7.08. The molecule has 19 heavy (non-hydrogen) atoms. The molecule has 5 nitrogen and oxygen atoms in total. The first kappa shape index (κ1) is 16.0. The highest BCUT2D eigenvalue weighted by Gasteiger charge is 2.34. The lowest BCUT2D eigenvalue weighted by atomic mass is 9.94. The van der Waals surface area contributed by atoms with Crippen LogP contribution < -0.4 is 0 Å². The van der Waals surface area contributed by atoms with Crippen LogP contribution in [0.2, 0.25) is 0 Å². The average Bonchev–Trinajstić information content (AvgIpc) is 2.59. The highest BCUT2D eigenvalue weighted by molar-refractivity contribution is 7.81. The van der Waals surface area contributed by atoms with Crippen molar-refractivity contribution in [2.45, 2.75) is 51.7 Å². The fraction of sp³-hybridized carbons (Fsp3) is 0.769. The van der Waals surface area contributed by atoms with E-state index >= 15 is 0 Å². The van der Waals surface area contributed by atoms with Crippen molar-refractivity contribution in [2.75, 3.05) is 0 Å². The number of nitrogens with zero attached hydrogens (tertiary/aromatic N) is 1. The Kier molecular flexibility index (Phi) is 5.85. The lowest BCUT2D eigenvalue weighted by Crippen LogP contribution is -2.35. The number of hydrogen-bond donors (Lipinski definition) is 1. The Bertz CT molecular complexity index is 354. The molecule has 0 saturated carbocycles. The SMILES string of the molecule is CC(C)CC(C)CC(S)C(=O)ON1C(=O)CCC1=O. The standard InChI is InChI=1S/C13H21NO4S/c1-8(2)6-9(3)7-10(19)13(17)18-14-11(15)4-5-12(14)16/h8-10,19H,4-7H2,1-3H3. The summed E-state index contributed by atoms with van der Waals surface area (Å²) < 4.78 is 0. The zero-order chi connectivity index (χ0) is 14.6. The van der Waals surface area contributed by atoms with Gasteiger partial charge in [-0.15, -0.1) is 5.06 Å². The minimum Gasteiger partial charge on any atom is -0.329 e. The summed E-state index contributed by atoms with van der Waals surface area (Å²) in [5.41, 5.74) is 0. The van der Waals surface area contributed by atoms with Gasteiger partial charge in [0.15, 0.2) is 0 Å². The van der Waals surface area contributed by atoms with Crippen LogP contribution in [0, 0.1) is 11.8 Å². The van der Waals surface area contributed by atoms with E-state index in [2.05, 4.69) is 26.5 Å². The fourth-order valence-corrected chi connectivity index (χ4v) is 2.59. The molecule has 2 atom stereocenters. The molecule has 0 bridgehead atoms. The van der Waals surface area contributed by atoms with Crippen molar-refractivity contribution in [3.63, 3.8) is 0 Å². The lowest BCUT2D eigenvalue weighted by Gasteiger charge is -2.19. The fourth-order valence-electron chi connectivity index (χ4n) is 2.19. The van der Waals surface area contributed by atoms with E-state index in [9.17, 15) is 14.4 Å². The molecular formula is C13H21NO4S. The van der Waals surface area contributed by atoms with Crippen LogP contribution in [0.5, 0.6) is 0 Å². The Morgan fingerprint density at radius 2 is 1.74 bits per heavy atom. The summed E-state index contributed by atoms with van der Waals surface area (Å²) in [5.74, 6) is -0.681. The largest absolute Gasteiger partial charge is 0.345 e. The van der Waals surface area contributed by atoms with Gasteiger partial charge in [0, 0.05) is 12.8 Å². The smallest absolute Gasteiger partial charge is 0.329 e. The molecule has 0 aromatic carbocycles. The molecule has 6 heteroatoms. The van der Waals surface area contributed by atoms with Crippen LogP contribution in [0.15, 0.2) is 0 Å². The molecule has 2 amide bonds. The zero-order valence-electron chi connectivity index (χ0n) is 11.6. The van der Waals surface area contributed by atoms with Crippen molar-refractivity contribution in [3.05, 3.63) is 0 Å². The van der Waals surface area contributed by atoms with Gasteiger partial charge in [-0.25, -0.2) is 4.79 Å². The zero-order valence-corrected chi connectivity index (χ0v) is 12.5. The van der Waals surface area contributed by atoms with E-state index in [0.29, 0.717) is 23.3 Å². The van der Waals surface area contributed by atoms with Crippen molar-refractivity contribution in [2.24, 2.45) is 11.8 Å². The molecule has 0 spiro atoms. The molecule has 0 N–H and O–H groups in total. The number of amides is 2. The molecule has 2 unspecified atom stereocenters. The Hall–Kier alpha value is -1.04.